The van der Waals surface area contributed by atoms with Gasteiger partial charge in [0.2, 0.25) is 0 Å². The van der Waals surface area contributed by atoms with Gasteiger partial charge in [-0.05, 0) is 6.42 Å². The van der Waals surface area contributed by atoms with Crippen LogP contribution >= 0.6 is 0 Å². The third-order valence-corrected chi connectivity index (χ3v) is 2.02. The molecule has 0 aliphatic heterocycles. The highest BCUT2D eigenvalue weighted by Gasteiger charge is 2.16. The molecule has 1 rings (SSSR count). The van der Waals surface area contributed by atoms with Crippen molar-refractivity contribution in [1.82, 2.24) is 14.9 Å². The summed E-state index contributed by atoms with van der Waals surface area (Å²) >= 11 is 0. The van der Waals surface area contributed by atoms with Gasteiger partial charge in [-0.3, -0.25) is 9.78 Å². The summed E-state index contributed by atoms with van der Waals surface area (Å²) in [5.41, 5.74) is 5.66. The van der Waals surface area contributed by atoms with E-state index < -0.39 is 0 Å². The van der Waals surface area contributed by atoms with Crippen molar-refractivity contribution in [3.05, 3.63) is 18.1 Å². The van der Waals surface area contributed by atoms with Crippen molar-refractivity contribution < 1.29 is 9.90 Å². The molecule has 0 aliphatic carbocycles. The Labute approximate surface area is 94.1 Å². The van der Waals surface area contributed by atoms with E-state index in [9.17, 15) is 4.79 Å². The third kappa shape index (κ3) is 3.16. The molecule has 1 aromatic heterocycles. The summed E-state index contributed by atoms with van der Waals surface area (Å²) in [6.45, 7) is 2.77. The van der Waals surface area contributed by atoms with E-state index in [-0.39, 0.29) is 24.0 Å². The number of anilines is 1. The summed E-state index contributed by atoms with van der Waals surface area (Å²) in [7, 11) is 0. The summed E-state index contributed by atoms with van der Waals surface area (Å²) in [5, 5.41) is 8.86. The number of aliphatic hydroxyl groups excluding tert-OH is 1. The molecule has 0 saturated carbocycles. The van der Waals surface area contributed by atoms with Crippen molar-refractivity contribution in [3.63, 3.8) is 0 Å². The van der Waals surface area contributed by atoms with Gasteiger partial charge in [0.1, 0.15) is 11.5 Å². The zero-order chi connectivity index (χ0) is 12.0. The summed E-state index contributed by atoms with van der Waals surface area (Å²) in [5.74, 6) is -0.0398. The summed E-state index contributed by atoms with van der Waals surface area (Å²) in [6.07, 6.45) is 3.58. The Hall–Kier alpha value is -1.69. The predicted molar refractivity (Wildman–Crippen MR) is 59.7 cm³/mol. The van der Waals surface area contributed by atoms with Gasteiger partial charge in [0.05, 0.1) is 19.0 Å². The maximum Gasteiger partial charge on any atom is 0.274 e. The molecule has 3 N–H and O–H groups in total. The van der Waals surface area contributed by atoms with Crippen LogP contribution in [0.3, 0.4) is 0 Å². The lowest BCUT2D eigenvalue weighted by atomic mass is 10.3. The Balaban J connectivity index is 2.81. The summed E-state index contributed by atoms with van der Waals surface area (Å²) in [4.78, 5) is 21.2. The zero-order valence-electron chi connectivity index (χ0n) is 9.26. The van der Waals surface area contributed by atoms with Crippen LogP contribution in [0.1, 0.15) is 23.8 Å². The van der Waals surface area contributed by atoms with Crippen LogP contribution in [0, 0.1) is 0 Å². The number of amides is 1. The van der Waals surface area contributed by atoms with E-state index in [4.69, 9.17) is 10.8 Å². The number of carbonyl (C=O) groups is 1. The van der Waals surface area contributed by atoms with Crippen LogP contribution in [0.4, 0.5) is 5.82 Å². The minimum absolute atomic E-state index is 0.0680. The largest absolute Gasteiger partial charge is 0.395 e. The molecule has 0 aromatic carbocycles. The van der Waals surface area contributed by atoms with Crippen LogP contribution in [0.25, 0.3) is 0 Å². The van der Waals surface area contributed by atoms with Gasteiger partial charge in [0.25, 0.3) is 5.91 Å². The molecule has 0 saturated heterocycles. The molecule has 0 unspecified atom stereocenters. The molecule has 1 heterocycles. The van der Waals surface area contributed by atoms with Crippen molar-refractivity contribution in [2.45, 2.75) is 13.3 Å². The van der Waals surface area contributed by atoms with Gasteiger partial charge in [0, 0.05) is 13.1 Å². The van der Waals surface area contributed by atoms with E-state index in [1.807, 2.05) is 6.92 Å². The lowest BCUT2D eigenvalue weighted by Crippen LogP contribution is -2.34. The van der Waals surface area contributed by atoms with E-state index in [0.29, 0.717) is 13.1 Å². The standard InChI is InChI=1S/C10H16N4O2/c1-2-3-14(4-5-15)10(16)8-6-12-7-9(11)13-8/h6-7,15H,2-5H2,1H3,(H2,11,13). The van der Waals surface area contributed by atoms with E-state index >= 15 is 0 Å². The lowest BCUT2D eigenvalue weighted by molar-refractivity contribution is 0.0716. The van der Waals surface area contributed by atoms with Gasteiger partial charge >= 0.3 is 0 Å². The number of nitrogen functional groups attached to an aromatic ring is 1. The third-order valence-electron chi connectivity index (χ3n) is 2.02. The number of hydrogen-bond donors (Lipinski definition) is 2. The number of nitrogens with zero attached hydrogens (tertiary/aromatic N) is 3. The summed E-state index contributed by atoms with van der Waals surface area (Å²) < 4.78 is 0. The second kappa shape index (κ2) is 6.02. The number of hydrogen-bond acceptors (Lipinski definition) is 5. The molecule has 0 spiro atoms. The van der Waals surface area contributed by atoms with Gasteiger partial charge in [-0.15, -0.1) is 0 Å². The van der Waals surface area contributed by atoms with Crippen LogP contribution in [0.5, 0.6) is 0 Å². The Kier molecular flexibility index (Phi) is 4.65. The van der Waals surface area contributed by atoms with Crippen LogP contribution in [-0.2, 0) is 0 Å². The van der Waals surface area contributed by atoms with Crippen LogP contribution < -0.4 is 5.73 Å². The molecule has 6 heteroatoms. The molecule has 0 bridgehead atoms. The molecular formula is C10H16N4O2. The highest BCUT2D eigenvalue weighted by Crippen LogP contribution is 2.03. The second-order valence-corrected chi connectivity index (χ2v) is 3.34. The Morgan fingerprint density at radius 3 is 2.81 bits per heavy atom. The fourth-order valence-electron chi connectivity index (χ4n) is 1.35. The zero-order valence-corrected chi connectivity index (χ0v) is 9.26. The highest BCUT2D eigenvalue weighted by atomic mass is 16.3. The van der Waals surface area contributed by atoms with Crippen molar-refractivity contribution >= 4 is 11.7 Å². The quantitative estimate of drug-likeness (QED) is 0.728. The molecule has 1 aromatic rings. The molecule has 88 valence electrons. The molecule has 0 atom stereocenters. The van der Waals surface area contributed by atoms with Gasteiger partial charge < -0.3 is 15.7 Å². The van der Waals surface area contributed by atoms with Crippen molar-refractivity contribution in [1.29, 1.82) is 0 Å². The first-order valence-corrected chi connectivity index (χ1v) is 5.16. The molecule has 0 aliphatic rings. The van der Waals surface area contributed by atoms with Gasteiger partial charge in [-0.1, -0.05) is 6.92 Å². The molecule has 1 amide bonds. The number of aliphatic hydroxyl groups is 1. The number of aromatic nitrogens is 2. The smallest absolute Gasteiger partial charge is 0.274 e. The van der Waals surface area contributed by atoms with Gasteiger partial charge in [-0.2, -0.15) is 0 Å². The number of carbonyl (C=O) groups excluding carboxylic acids is 1. The normalized spacial score (nSPS) is 10.1. The second-order valence-electron chi connectivity index (χ2n) is 3.34. The van der Waals surface area contributed by atoms with Crippen LogP contribution in [0.2, 0.25) is 0 Å². The number of nitrogens with two attached hydrogens (primary N) is 1. The first kappa shape index (κ1) is 12.4. The molecule has 16 heavy (non-hydrogen) atoms. The van der Waals surface area contributed by atoms with E-state index in [1.165, 1.54) is 17.3 Å². The lowest BCUT2D eigenvalue weighted by Gasteiger charge is -2.20. The molecule has 0 fully saturated rings. The van der Waals surface area contributed by atoms with Gasteiger partial charge in [-0.25, -0.2) is 4.98 Å². The monoisotopic (exact) mass is 224 g/mol. The van der Waals surface area contributed by atoms with Crippen molar-refractivity contribution in [2.24, 2.45) is 0 Å². The van der Waals surface area contributed by atoms with Crippen molar-refractivity contribution in [2.75, 3.05) is 25.4 Å². The Morgan fingerprint density at radius 1 is 1.50 bits per heavy atom. The highest BCUT2D eigenvalue weighted by molar-refractivity contribution is 5.92. The Bertz CT molecular complexity index is 350. The van der Waals surface area contributed by atoms with E-state index in [1.54, 1.807) is 0 Å². The maximum atomic E-state index is 11.9. The molecule has 6 nitrogen and oxygen atoms in total. The molecule has 0 radical (unpaired) electrons. The average Bonchev–Trinajstić information content (AvgIpc) is 2.28. The average molecular weight is 224 g/mol. The first-order valence-electron chi connectivity index (χ1n) is 5.16. The van der Waals surface area contributed by atoms with E-state index in [2.05, 4.69) is 9.97 Å². The Morgan fingerprint density at radius 2 is 2.25 bits per heavy atom. The number of rotatable bonds is 5. The maximum absolute atomic E-state index is 11.9. The fourth-order valence-corrected chi connectivity index (χ4v) is 1.35. The summed E-state index contributed by atoms with van der Waals surface area (Å²) in [6, 6.07) is 0. The topological polar surface area (TPSA) is 92.3 Å². The minimum Gasteiger partial charge on any atom is -0.395 e. The SMILES string of the molecule is CCCN(CCO)C(=O)c1cncc(N)n1. The van der Waals surface area contributed by atoms with Crippen LogP contribution in [0.15, 0.2) is 12.4 Å². The minimum atomic E-state index is -0.254. The molecular weight excluding hydrogens is 208 g/mol. The fraction of sp³-hybridized carbons (Fsp3) is 0.500. The van der Waals surface area contributed by atoms with E-state index in [0.717, 1.165) is 6.42 Å². The first-order chi connectivity index (χ1) is 7.69. The van der Waals surface area contributed by atoms with Crippen molar-refractivity contribution in [3.8, 4) is 0 Å². The predicted octanol–water partition coefficient (Wildman–Crippen LogP) is -0.0967. The van der Waals surface area contributed by atoms with Gasteiger partial charge in [0.15, 0.2) is 0 Å². The van der Waals surface area contributed by atoms with Crippen LogP contribution in [-0.4, -0.2) is 45.6 Å².